The predicted molar refractivity (Wildman–Crippen MR) is 87.2 cm³/mol. The van der Waals surface area contributed by atoms with Crippen LogP contribution in [0.1, 0.15) is 36.0 Å². The van der Waals surface area contributed by atoms with Crippen molar-refractivity contribution < 1.29 is 14.7 Å². The molecular formula is C18H20N2O3. The quantitative estimate of drug-likeness (QED) is 0.942. The van der Waals surface area contributed by atoms with Crippen molar-refractivity contribution in [2.75, 3.05) is 13.1 Å². The lowest BCUT2D eigenvalue weighted by Gasteiger charge is -2.32. The molecule has 0 radical (unpaired) electrons. The van der Waals surface area contributed by atoms with E-state index in [1.54, 1.807) is 6.20 Å². The Morgan fingerprint density at radius 3 is 3.00 bits per heavy atom. The number of hydrogen-bond donors (Lipinski definition) is 1. The summed E-state index contributed by atoms with van der Waals surface area (Å²) in [5.74, 6) is -0.461. The summed E-state index contributed by atoms with van der Waals surface area (Å²) >= 11 is 0. The fourth-order valence-electron chi connectivity index (χ4n) is 3.20. The van der Waals surface area contributed by atoms with Gasteiger partial charge in [0.15, 0.2) is 0 Å². The first-order valence-corrected chi connectivity index (χ1v) is 7.99. The molecule has 0 saturated carbocycles. The Balaban J connectivity index is 1.71. The Hall–Kier alpha value is -2.43. The van der Waals surface area contributed by atoms with E-state index in [9.17, 15) is 9.59 Å². The van der Waals surface area contributed by atoms with Crippen LogP contribution in [0.5, 0.6) is 0 Å². The number of aliphatic carboxylic acids is 1. The number of carboxylic acid groups (broad SMARTS) is 1. The van der Waals surface area contributed by atoms with Crippen molar-refractivity contribution in [1.29, 1.82) is 0 Å². The Morgan fingerprint density at radius 1 is 1.30 bits per heavy atom. The van der Waals surface area contributed by atoms with Crippen molar-refractivity contribution >= 4 is 22.8 Å². The van der Waals surface area contributed by atoms with Crippen LogP contribution in [0.3, 0.4) is 0 Å². The molecule has 3 rings (SSSR count). The van der Waals surface area contributed by atoms with Gasteiger partial charge in [-0.15, -0.1) is 0 Å². The molecule has 1 aromatic heterocycles. The third-order valence-corrected chi connectivity index (χ3v) is 4.42. The molecule has 2 aromatic rings. The van der Waals surface area contributed by atoms with Gasteiger partial charge >= 0.3 is 5.97 Å². The monoisotopic (exact) mass is 312 g/mol. The molecule has 1 aliphatic rings. The summed E-state index contributed by atoms with van der Waals surface area (Å²) in [6, 6.07) is 9.38. The second kappa shape index (κ2) is 6.77. The minimum absolute atomic E-state index is 0.0239. The number of fused-ring (bicyclic) bond motifs is 1. The number of rotatable bonds is 4. The second-order valence-electron chi connectivity index (χ2n) is 6.10. The van der Waals surface area contributed by atoms with E-state index in [-0.39, 0.29) is 18.2 Å². The fourth-order valence-corrected chi connectivity index (χ4v) is 3.20. The van der Waals surface area contributed by atoms with Crippen LogP contribution in [0.2, 0.25) is 0 Å². The molecule has 1 saturated heterocycles. The summed E-state index contributed by atoms with van der Waals surface area (Å²) in [6.07, 6.45) is 4.49. The largest absolute Gasteiger partial charge is 0.481 e. The molecule has 2 heterocycles. The highest BCUT2D eigenvalue weighted by molar-refractivity contribution is 5.98. The third kappa shape index (κ3) is 3.67. The van der Waals surface area contributed by atoms with Gasteiger partial charge < -0.3 is 10.0 Å². The minimum atomic E-state index is -0.768. The van der Waals surface area contributed by atoms with Gasteiger partial charge in [0, 0.05) is 36.7 Å². The van der Waals surface area contributed by atoms with E-state index in [0.717, 1.165) is 30.3 Å². The number of piperidine rings is 1. The molecule has 1 aromatic carbocycles. The molecule has 1 atom stereocenters. The van der Waals surface area contributed by atoms with E-state index in [1.807, 2.05) is 35.2 Å². The van der Waals surface area contributed by atoms with E-state index in [4.69, 9.17) is 5.11 Å². The number of amides is 1. The first-order valence-electron chi connectivity index (χ1n) is 7.99. The lowest BCUT2D eigenvalue weighted by Crippen LogP contribution is -2.40. The SMILES string of the molecule is O=C(O)CC[C@H]1CCCN(C(=O)c2ccc3ncccc3c2)C1. The van der Waals surface area contributed by atoms with Crippen LogP contribution >= 0.6 is 0 Å². The molecule has 5 nitrogen and oxygen atoms in total. The molecule has 0 aliphatic carbocycles. The van der Waals surface area contributed by atoms with Crippen molar-refractivity contribution in [2.24, 2.45) is 5.92 Å². The summed E-state index contributed by atoms with van der Waals surface area (Å²) in [5, 5.41) is 9.77. The molecule has 1 fully saturated rings. The molecule has 0 bridgehead atoms. The zero-order chi connectivity index (χ0) is 16.2. The van der Waals surface area contributed by atoms with Gasteiger partial charge in [-0.05, 0) is 49.4 Å². The van der Waals surface area contributed by atoms with Crippen LogP contribution < -0.4 is 0 Å². The van der Waals surface area contributed by atoms with Gasteiger partial charge in [-0.3, -0.25) is 14.6 Å². The fraction of sp³-hybridized carbons (Fsp3) is 0.389. The van der Waals surface area contributed by atoms with Crippen molar-refractivity contribution in [3.05, 3.63) is 42.1 Å². The van der Waals surface area contributed by atoms with E-state index < -0.39 is 5.97 Å². The number of carbonyl (C=O) groups is 2. The maximum Gasteiger partial charge on any atom is 0.303 e. The Bertz CT molecular complexity index is 729. The van der Waals surface area contributed by atoms with Crippen LogP contribution in [0.25, 0.3) is 10.9 Å². The van der Waals surface area contributed by atoms with Crippen molar-refractivity contribution in [3.8, 4) is 0 Å². The lowest BCUT2D eigenvalue weighted by molar-refractivity contribution is -0.137. The van der Waals surface area contributed by atoms with Gasteiger partial charge in [-0.2, -0.15) is 0 Å². The summed E-state index contributed by atoms with van der Waals surface area (Å²) in [6.45, 7) is 1.39. The van der Waals surface area contributed by atoms with Crippen LogP contribution in [-0.4, -0.2) is 40.0 Å². The third-order valence-electron chi connectivity index (χ3n) is 4.42. The van der Waals surface area contributed by atoms with Crippen molar-refractivity contribution in [1.82, 2.24) is 9.88 Å². The van der Waals surface area contributed by atoms with E-state index in [0.29, 0.717) is 18.5 Å². The van der Waals surface area contributed by atoms with Crippen LogP contribution in [0, 0.1) is 5.92 Å². The summed E-state index contributed by atoms with van der Waals surface area (Å²) in [7, 11) is 0. The summed E-state index contributed by atoms with van der Waals surface area (Å²) in [4.78, 5) is 29.6. The molecular weight excluding hydrogens is 292 g/mol. The van der Waals surface area contributed by atoms with E-state index in [1.165, 1.54) is 0 Å². The van der Waals surface area contributed by atoms with Crippen LogP contribution in [0.4, 0.5) is 0 Å². The molecule has 1 aliphatic heterocycles. The van der Waals surface area contributed by atoms with Crippen molar-refractivity contribution in [3.63, 3.8) is 0 Å². The molecule has 0 spiro atoms. The van der Waals surface area contributed by atoms with Gasteiger partial charge in [-0.1, -0.05) is 6.07 Å². The van der Waals surface area contributed by atoms with Gasteiger partial charge in [0.05, 0.1) is 5.52 Å². The minimum Gasteiger partial charge on any atom is -0.481 e. The standard InChI is InChI=1S/C18H20N2O3/c21-17(22)8-5-13-3-2-10-20(12-13)18(23)15-6-7-16-14(11-15)4-1-9-19-16/h1,4,6-7,9,11,13H,2-3,5,8,10,12H2,(H,21,22)/t13-/m1/s1. The van der Waals surface area contributed by atoms with E-state index >= 15 is 0 Å². The average Bonchev–Trinajstić information content (AvgIpc) is 2.59. The number of hydrogen-bond acceptors (Lipinski definition) is 3. The first-order chi connectivity index (χ1) is 11.1. The van der Waals surface area contributed by atoms with Gasteiger partial charge in [-0.25, -0.2) is 0 Å². The smallest absolute Gasteiger partial charge is 0.303 e. The van der Waals surface area contributed by atoms with Gasteiger partial charge in [0.1, 0.15) is 0 Å². The van der Waals surface area contributed by atoms with Crippen LogP contribution in [0.15, 0.2) is 36.5 Å². The van der Waals surface area contributed by atoms with E-state index in [2.05, 4.69) is 4.98 Å². The molecule has 0 unspecified atom stereocenters. The second-order valence-corrected chi connectivity index (χ2v) is 6.10. The number of pyridine rings is 1. The Morgan fingerprint density at radius 2 is 2.17 bits per heavy atom. The van der Waals surface area contributed by atoms with Gasteiger partial charge in [0.2, 0.25) is 0 Å². The zero-order valence-corrected chi connectivity index (χ0v) is 12.9. The number of carboxylic acids is 1. The summed E-state index contributed by atoms with van der Waals surface area (Å²) < 4.78 is 0. The maximum absolute atomic E-state index is 12.7. The predicted octanol–water partition coefficient (Wildman–Crippen LogP) is 2.95. The van der Waals surface area contributed by atoms with Crippen LogP contribution in [-0.2, 0) is 4.79 Å². The average molecular weight is 312 g/mol. The number of benzene rings is 1. The van der Waals surface area contributed by atoms with Gasteiger partial charge in [0.25, 0.3) is 5.91 Å². The number of likely N-dealkylation sites (tertiary alicyclic amines) is 1. The molecule has 1 amide bonds. The maximum atomic E-state index is 12.7. The number of carbonyl (C=O) groups excluding carboxylic acids is 1. The zero-order valence-electron chi connectivity index (χ0n) is 12.9. The molecule has 120 valence electrons. The Kier molecular flexibility index (Phi) is 4.55. The topological polar surface area (TPSA) is 70.5 Å². The lowest BCUT2D eigenvalue weighted by atomic mass is 9.93. The highest BCUT2D eigenvalue weighted by Crippen LogP contribution is 2.23. The number of aromatic nitrogens is 1. The molecule has 23 heavy (non-hydrogen) atoms. The normalized spacial score (nSPS) is 18.1. The summed E-state index contributed by atoms with van der Waals surface area (Å²) in [5.41, 5.74) is 1.55. The Labute approximate surface area is 134 Å². The number of nitrogens with zero attached hydrogens (tertiary/aromatic N) is 2. The molecule has 5 heteroatoms. The highest BCUT2D eigenvalue weighted by atomic mass is 16.4. The van der Waals surface area contributed by atoms with Crippen molar-refractivity contribution in [2.45, 2.75) is 25.7 Å². The molecule has 1 N–H and O–H groups in total. The first kappa shape index (κ1) is 15.5. The highest BCUT2D eigenvalue weighted by Gasteiger charge is 2.24.